The fraction of sp³-hybridized carbons (Fsp3) is 0.375. The van der Waals surface area contributed by atoms with Crippen LogP contribution in [-0.2, 0) is 10.0 Å². The van der Waals surface area contributed by atoms with Crippen LogP contribution in [0.1, 0.15) is 41.6 Å². The van der Waals surface area contributed by atoms with Gasteiger partial charge in [-0.15, -0.1) is 0 Å². The molecule has 0 aliphatic heterocycles. The van der Waals surface area contributed by atoms with Crippen molar-refractivity contribution in [3.8, 4) is 0 Å². The second-order valence-corrected chi connectivity index (χ2v) is 7.55. The van der Waals surface area contributed by atoms with Gasteiger partial charge in [0.25, 0.3) is 5.91 Å². The zero-order valence-corrected chi connectivity index (χ0v) is 14.7. The van der Waals surface area contributed by atoms with Crippen molar-refractivity contribution in [3.63, 3.8) is 0 Å². The number of anilines is 1. The van der Waals surface area contributed by atoms with E-state index in [0.717, 1.165) is 0 Å². The van der Waals surface area contributed by atoms with Crippen molar-refractivity contribution in [3.05, 3.63) is 47.3 Å². The molecule has 0 unspecified atom stereocenters. The lowest BCUT2D eigenvalue weighted by molar-refractivity contribution is 0.0953. The Labute approximate surface area is 141 Å². The van der Waals surface area contributed by atoms with Crippen LogP contribution in [0.2, 0.25) is 0 Å². The summed E-state index contributed by atoms with van der Waals surface area (Å²) in [6.07, 6.45) is 0. The molecule has 0 spiro atoms. The monoisotopic (exact) mass is 351 g/mol. The SMILES string of the molecule is Cc1noc(C(C)C)c1C(=O)NCCS(=O)(=O)Nc1ccccc1. The normalized spacial score (nSPS) is 11.5. The molecule has 1 aromatic carbocycles. The van der Waals surface area contributed by atoms with Crippen LogP contribution in [-0.4, -0.2) is 31.8 Å². The molecule has 2 N–H and O–H groups in total. The lowest BCUT2D eigenvalue weighted by atomic mass is 10.0. The van der Waals surface area contributed by atoms with E-state index in [2.05, 4.69) is 15.2 Å². The summed E-state index contributed by atoms with van der Waals surface area (Å²) in [4.78, 5) is 12.3. The average Bonchev–Trinajstić information content (AvgIpc) is 2.89. The van der Waals surface area contributed by atoms with Crippen molar-refractivity contribution in [2.24, 2.45) is 0 Å². The molecule has 24 heavy (non-hydrogen) atoms. The number of sulfonamides is 1. The quantitative estimate of drug-likeness (QED) is 0.797. The van der Waals surface area contributed by atoms with Gasteiger partial charge in [0, 0.05) is 18.2 Å². The first-order valence-corrected chi connectivity index (χ1v) is 9.25. The molecule has 2 aromatic rings. The van der Waals surface area contributed by atoms with E-state index < -0.39 is 10.0 Å². The Bertz CT molecular complexity index is 798. The molecular weight excluding hydrogens is 330 g/mol. The minimum atomic E-state index is -3.54. The smallest absolute Gasteiger partial charge is 0.256 e. The third kappa shape index (κ3) is 4.58. The highest BCUT2D eigenvalue weighted by Crippen LogP contribution is 2.21. The molecule has 0 bridgehead atoms. The number of hydrogen-bond acceptors (Lipinski definition) is 5. The molecule has 130 valence electrons. The van der Waals surface area contributed by atoms with Gasteiger partial charge in [-0.3, -0.25) is 9.52 Å². The predicted octanol–water partition coefficient (Wildman–Crippen LogP) is 2.28. The molecule has 0 aliphatic carbocycles. The maximum atomic E-state index is 12.3. The molecule has 0 saturated heterocycles. The van der Waals surface area contributed by atoms with Gasteiger partial charge in [0.1, 0.15) is 5.56 Å². The summed E-state index contributed by atoms with van der Waals surface area (Å²) < 4.78 is 31.7. The lowest BCUT2D eigenvalue weighted by Gasteiger charge is -2.09. The first-order chi connectivity index (χ1) is 11.3. The molecule has 0 saturated carbocycles. The predicted molar refractivity (Wildman–Crippen MR) is 91.5 cm³/mol. The van der Waals surface area contributed by atoms with Gasteiger partial charge in [0.15, 0.2) is 5.76 Å². The Morgan fingerprint density at radius 1 is 1.25 bits per heavy atom. The summed E-state index contributed by atoms with van der Waals surface area (Å²) in [5, 5.41) is 6.41. The Balaban J connectivity index is 1.94. The van der Waals surface area contributed by atoms with Crippen LogP contribution < -0.4 is 10.0 Å². The van der Waals surface area contributed by atoms with Gasteiger partial charge in [-0.05, 0) is 19.1 Å². The van der Waals surface area contributed by atoms with Gasteiger partial charge in [0.05, 0.1) is 11.4 Å². The van der Waals surface area contributed by atoms with Crippen LogP contribution in [0.4, 0.5) is 5.69 Å². The number of rotatable bonds is 7. The zero-order valence-electron chi connectivity index (χ0n) is 13.9. The first kappa shape index (κ1) is 18.0. The van der Waals surface area contributed by atoms with Crippen molar-refractivity contribution in [1.29, 1.82) is 0 Å². The molecule has 0 atom stereocenters. The topological polar surface area (TPSA) is 101 Å². The number of aryl methyl sites for hydroxylation is 1. The van der Waals surface area contributed by atoms with Gasteiger partial charge in [-0.1, -0.05) is 37.2 Å². The third-order valence-electron chi connectivity index (χ3n) is 3.34. The van der Waals surface area contributed by atoms with Crippen molar-refractivity contribution in [1.82, 2.24) is 10.5 Å². The van der Waals surface area contributed by atoms with E-state index in [-0.39, 0.29) is 24.1 Å². The van der Waals surface area contributed by atoms with Crippen molar-refractivity contribution >= 4 is 21.6 Å². The van der Waals surface area contributed by atoms with Gasteiger partial charge in [0.2, 0.25) is 10.0 Å². The van der Waals surface area contributed by atoms with Crippen molar-refractivity contribution < 1.29 is 17.7 Å². The average molecular weight is 351 g/mol. The Morgan fingerprint density at radius 2 is 1.92 bits per heavy atom. The lowest BCUT2D eigenvalue weighted by Crippen LogP contribution is -2.31. The van der Waals surface area contributed by atoms with Crippen molar-refractivity contribution in [2.45, 2.75) is 26.7 Å². The zero-order chi connectivity index (χ0) is 17.7. The molecule has 1 heterocycles. The number of nitrogens with one attached hydrogen (secondary N) is 2. The largest absolute Gasteiger partial charge is 0.360 e. The van der Waals surface area contributed by atoms with E-state index >= 15 is 0 Å². The number of amides is 1. The summed E-state index contributed by atoms with van der Waals surface area (Å²) in [6, 6.07) is 8.59. The second-order valence-electron chi connectivity index (χ2n) is 5.70. The Kier molecular flexibility index (Phi) is 5.61. The van der Waals surface area contributed by atoms with Crippen LogP contribution >= 0.6 is 0 Å². The maximum absolute atomic E-state index is 12.3. The molecule has 8 heteroatoms. The minimum absolute atomic E-state index is 0.00966. The second kappa shape index (κ2) is 7.48. The first-order valence-electron chi connectivity index (χ1n) is 7.60. The highest BCUT2D eigenvalue weighted by atomic mass is 32.2. The van der Waals surface area contributed by atoms with E-state index in [1.807, 2.05) is 13.8 Å². The highest BCUT2D eigenvalue weighted by Gasteiger charge is 2.22. The van der Waals surface area contributed by atoms with Crippen LogP contribution in [0.3, 0.4) is 0 Å². The number of carbonyl (C=O) groups is 1. The third-order valence-corrected chi connectivity index (χ3v) is 4.63. The van der Waals surface area contributed by atoms with E-state index in [9.17, 15) is 13.2 Å². The van der Waals surface area contributed by atoms with Crippen LogP contribution in [0.5, 0.6) is 0 Å². The summed E-state index contributed by atoms with van der Waals surface area (Å²) in [6.45, 7) is 5.46. The summed E-state index contributed by atoms with van der Waals surface area (Å²) >= 11 is 0. The standard InChI is InChI=1S/C16H21N3O4S/c1-11(2)15-14(12(3)18-23-15)16(20)17-9-10-24(21,22)19-13-7-5-4-6-8-13/h4-8,11,19H,9-10H2,1-3H3,(H,17,20). The highest BCUT2D eigenvalue weighted by molar-refractivity contribution is 7.92. The van der Waals surface area contributed by atoms with Crippen LogP contribution in [0.15, 0.2) is 34.9 Å². The molecular formula is C16H21N3O4S. The van der Waals surface area contributed by atoms with Crippen LogP contribution in [0, 0.1) is 6.92 Å². The number of aromatic nitrogens is 1. The molecule has 2 rings (SSSR count). The molecule has 7 nitrogen and oxygen atoms in total. The summed E-state index contributed by atoms with van der Waals surface area (Å²) in [7, 11) is -3.54. The number of hydrogen-bond donors (Lipinski definition) is 2. The van der Waals surface area contributed by atoms with Gasteiger partial charge in [-0.2, -0.15) is 0 Å². The summed E-state index contributed by atoms with van der Waals surface area (Å²) in [5.74, 6) is -0.104. The minimum Gasteiger partial charge on any atom is -0.360 e. The van der Waals surface area contributed by atoms with Gasteiger partial charge < -0.3 is 9.84 Å². The van der Waals surface area contributed by atoms with E-state index in [1.165, 1.54) is 0 Å². The number of nitrogens with zero attached hydrogens (tertiary/aromatic N) is 1. The number of para-hydroxylation sites is 1. The van der Waals surface area contributed by atoms with E-state index in [4.69, 9.17) is 4.52 Å². The van der Waals surface area contributed by atoms with E-state index in [0.29, 0.717) is 22.7 Å². The number of benzene rings is 1. The fourth-order valence-corrected chi connectivity index (χ4v) is 3.15. The Morgan fingerprint density at radius 3 is 2.54 bits per heavy atom. The van der Waals surface area contributed by atoms with Crippen molar-refractivity contribution in [2.75, 3.05) is 17.0 Å². The molecule has 0 aliphatic rings. The molecule has 1 aromatic heterocycles. The van der Waals surface area contributed by atoms with E-state index in [1.54, 1.807) is 37.3 Å². The Hall–Kier alpha value is -2.35. The van der Waals surface area contributed by atoms with Crippen LogP contribution in [0.25, 0.3) is 0 Å². The van der Waals surface area contributed by atoms with Gasteiger partial charge >= 0.3 is 0 Å². The van der Waals surface area contributed by atoms with Gasteiger partial charge in [-0.25, -0.2) is 8.42 Å². The fourth-order valence-electron chi connectivity index (χ4n) is 2.18. The number of carbonyl (C=O) groups excluding carboxylic acids is 1. The molecule has 0 radical (unpaired) electrons. The summed E-state index contributed by atoms with van der Waals surface area (Å²) in [5.41, 5.74) is 1.35. The molecule has 0 fully saturated rings. The molecule has 1 amide bonds. The maximum Gasteiger partial charge on any atom is 0.256 e.